The van der Waals surface area contributed by atoms with Gasteiger partial charge in [-0.2, -0.15) is 0 Å². The van der Waals surface area contributed by atoms with Crippen molar-refractivity contribution in [1.29, 1.82) is 0 Å². The molecule has 4 heteroatoms. The molecule has 2 aromatic rings. The maximum Gasteiger partial charge on any atom is 0.251 e. The second-order valence-electron chi connectivity index (χ2n) is 5.57. The molecule has 114 valence electrons. The molecule has 3 nitrogen and oxygen atoms in total. The van der Waals surface area contributed by atoms with Gasteiger partial charge in [0.1, 0.15) is 18.2 Å². The Labute approximate surface area is 133 Å². The summed E-state index contributed by atoms with van der Waals surface area (Å²) in [5.41, 5.74) is 3.04. The molecule has 2 aromatic carbocycles. The average Bonchev–Trinajstić information content (AvgIpc) is 2.96. The van der Waals surface area contributed by atoms with Crippen LogP contribution >= 0.6 is 0 Å². The molecule has 0 spiro atoms. The fourth-order valence-electron chi connectivity index (χ4n) is 2.87. The first-order valence-corrected chi connectivity index (χ1v) is 7.40. The van der Waals surface area contributed by atoms with Crippen molar-refractivity contribution in [2.45, 2.75) is 12.6 Å². The molecular weight excluding hydrogens is 293 g/mol. The highest BCUT2D eigenvalue weighted by atomic mass is 19.1. The molecule has 0 saturated heterocycles. The van der Waals surface area contributed by atoms with Crippen molar-refractivity contribution < 1.29 is 13.9 Å². The zero-order chi connectivity index (χ0) is 15.8. The highest BCUT2D eigenvalue weighted by Gasteiger charge is 2.29. The lowest BCUT2D eigenvalue weighted by Crippen LogP contribution is -2.25. The van der Waals surface area contributed by atoms with E-state index in [-0.39, 0.29) is 17.8 Å². The standard InChI is InChI=1S/C19H14FNO2/c20-15-3-1-13(2-4-15)12-23-16-5-6-17-14(11-16)9-10-21-18(17)7-8-19(21)22/h1-11,18H,12H2. The van der Waals surface area contributed by atoms with Crippen LogP contribution in [0.5, 0.6) is 5.75 Å². The molecule has 1 unspecified atom stereocenters. The monoisotopic (exact) mass is 307 g/mol. The van der Waals surface area contributed by atoms with Crippen LogP contribution in [0.2, 0.25) is 0 Å². The fraction of sp³-hybridized carbons (Fsp3) is 0.105. The van der Waals surface area contributed by atoms with Gasteiger partial charge in [0.2, 0.25) is 0 Å². The summed E-state index contributed by atoms with van der Waals surface area (Å²) in [5.74, 6) is 0.504. The molecule has 0 aliphatic carbocycles. The predicted molar refractivity (Wildman–Crippen MR) is 84.9 cm³/mol. The molecule has 0 saturated carbocycles. The summed E-state index contributed by atoms with van der Waals surface area (Å²) in [6.07, 6.45) is 7.23. The van der Waals surface area contributed by atoms with E-state index in [2.05, 4.69) is 0 Å². The molecule has 2 aliphatic rings. The smallest absolute Gasteiger partial charge is 0.251 e. The number of rotatable bonds is 3. The molecule has 2 heterocycles. The third kappa shape index (κ3) is 2.52. The van der Waals surface area contributed by atoms with Gasteiger partial charge >= 0.3 is 0 Å². The summed E-state index contributed by atoms with van der Waals surface area (Å²) in [6.45, 7) is 0.386. The minimum absolute atomic E-state index is 0.00790. The Bertz CT molecular complexity index is 824. The molecule has 0 bridgehead atoms. The van der Waals surface area contributed by atoms with E-state index in [9.17, 15) is 9.18 Å². The first-order valence-electron chi connectivity index (χ1n) is 7.40. The van der Waals surface area contributed by atoms with Crippen LogP contribution in [0.3, 0.4) is 0 Å². The Hall–Kier alpha value is -2.88. The van der Waals surface area contributed by atoms with Crippen LogP contribution in [0.25, 0.3) is 6.08 Å². The number of carbonyl (C=O) groups is 1. The third-order valence-electron chi connectivity index (χ3n) is 4.09. The summed E-state index contributed by atoms with van der Waals surface area (Å²) in [6, 6.07) is 12.1. The van der Waals surface area contributed by atoms with E-state index in [1.165, 1.54) is 12.1 Å². The van der Waals surface area contributed by atoms with E-state index in [0.717, 1.165) is 22.4 Å². The van der Waals surface area contributed by atoms with Crippen LogP contribution in [0.15, 0.2) is 60.8 Å². The Morgan fingerprint density at radius 3 is 2.74 bits per heavy atom. The van der Waals surface area contributed by atoms with Crippen LogP contribution in [0, 0.1) is 5.82 Å². The molecule has 2 aliphatic heterocycles. The number of hydrogen-bond donors (Lipinski definition) is 0. The Kier molecular flexibility index (Phi) is 3.23. The molecular formula is C19H14FNO2. The van der Waals surface area contributed by atoms with E-state index in [4.69, 9.17) is 4.74 Å². The van der Waals surface area contributed by atoms with Gasteiger partial charge < -0.3 is 9.64 Å². The topological polar surface area (TPSA) is 29.5 Å². The van der Waals surface area contributed by atoms with Crippen LogP contribution < -0.4 is 4.74 Å². The van der Waals surface area contributed by atoms with Crippen molar-refractivity contribution in [3.8, 4) is 5.75 Å². The largest absolute Gasteiger partial charge is 0.489 e. The van der Waals surface area contributed by atoms with Crippen molar-refractivity contribution in [3.63, 3.8) is 0 Å². The normalized spacial score (nSPS) is 18.0. The number of nitrogens with zero attached hydrogens (tertiary/aromatic N) is 1. The maximum atomic E-state index is 12.9. The number of halogens is 1. The molecule has 4 rings (SSSR count). The van der Waals surface area contributed by atoms with Gasteiger partial charge in [-0.05, 0) is 47.0 Å². The van der Waals surface area contributed by atoms with Gasteiger partial charge in [-0.25, -0.2) is 4.39 Å². The Balaban J connectivity index is 1.53. The number of benzene rings is 2. The average molecular weight is 307 g/mol. The predicted octanol–water partition coefficient (Wildman–Crippen LogP) is 3.83. The minimum atomic E-state index is -0.253. The quantitative estimate of drug-likeness (QED) is 0.862. The molecule has 0 fully saturated rings. The minimum Gasteiger partial charge on any atom is -0.489 e. The Morgan fingerprint density at radius 1 is 1.09 bits per heavy atom. The van der Waals surface area contributed by atoms with Gasteiger partial charge in [-0.1, -0.05) is 24.3 Å². The zero-order valence-electron chi connectivity index (χ0n) is 12.3. The van der Waals surface area contributed by atoms with Crippen molar-refractivity contribution in [2.24, 2.45) is 0 Å². The lowest BCUT2D eigenvalue weighted by atomic mass is 9.97. The van der Waals surface area contributed by atoms with E-state index < -0.39 is 0 Å². The van der Waals surface area contributed by atoms with Gasteiger partial charge in [0.25, 0.3) is 5.91 Å². The molecule has 0 radical (unpaired) electrons. The molecule has 0 N–H and O–H groups in total. The SMILES string of the molecule is O=C1C=CC2c3ccc(OCc4ccc(F)cc4)cc3C=CN12. The second-order valence-corrected chi connectivity index (χ2v) is 5.57. The second kappa shape index (κ2) is 5.39. The van der Waals surface area contributed by atoms with Crippen molar-refractivity contribution >= 4 is 12.0 Å². The van der Waals surface area contributed by atoms with Gasteiger partial charge in [-0.15, -0.1) is 0 Å². The van der Waals surface area contributed by atoms with Gasteiger partial charge in [0.05, 0.1) is 6.04 Å². The summed E-state index contributed by atoms with van der Waals surface area (Å²) in [5, 5.41) is 0. The number of amides is 1. The van der Waals surface area contributed by atoms with Crippen molar-refractivity contribution in [2.75, 3.05) is 0 Å². The lowest BCUT2D eigenvalue weighted by molar-refractivity contribution is -0.123. The maximum absolute atomic E-state index is 12.9. The first kappa shape index (κ1) is 13.8. The van der Waals surface area contributed by atoms with Crippen LogP contribution in [-0.2, 0) is 11.4 Å². The van der Waals surface area contributed by atoms with E-state index >= 15 is 0 Å². The van der Waals surface area contributed by atoms with Crippen LogP contribution in [0.4, 0.5) is 4.39 Å². The number of hydrogen-bond acceptors (Lipinski definition) is 2. The van der Waals surface area contributed by atoms with Gasteiger partial charge in [0, 0.05) is 12.3 Å². The third-order valence-corrected chi connectivity index (χ3v) is 4.09. The lowest BCUT2D eigenvalue weighted by Gasteiger charge is -2.27. The van der Waals surface area contributed by atoms with Crippen LogP contribution in [-0.4, -0.2) is 10.8 Å². The summed E-state index contributed by atoms with van der Waals surface area (Å²) < 4.78 is 18.7. The highest BCUT2D eigenvalue weighted by molar-refractivity contribution is 5.93. The summed E-state index contributed by atoms with van der Waals surface area (Å²) in [4.78, 5) is 13.4. The molecule has 0 aromatic heterocycles. The van der Waals surface area contributed by atoms with E-state index in [1.807, 2.05) is 30.4 Å². The highest BCUT2D eigenvalue weighted by Crippen LogP contribution is 2.36. The Morgan fingerprint density at radius 2 is 1.91 bits per heavy atom. The summed E-state index contributed by atoms with van der Waals surface area (Å²) in [7, 11) is 0. The van der Waals surface area contributed by atoms with Gasteiger partial charge in [-0.3, -0.25) is 4.79 Å². The zero-order valence-corrected chi connectivity index (χ0v) is 12.3. The van der Waals surface area contributed by atoms with Gasteiger partial charge in [0.15, 0.2) is 0 Å². The molecule has 23 heavy (non-hydrogen) atoms. The van der Waals surface area contributed by atoms with E-state index in [1.54, 1.807) is 29.3 Å². The first-order chi connectivity index (χ1) is 11.2. The van der Waals surface area contributed by atoms with E-state index in [0.29, 0.717) is 6.61 Å². The van der Waals surface area contributed by atoms with Crippen molar-refractivity contribution in [1.82, 2.24) is 4.90 Å². The summed E-state index contributed by atoms with van der Waals surface area (Å²) >= 11 is 0. The molecule has 1 amide bonds. The number of ether oxygens (including phenoxy) is 1. The number of fused-ring (bicyclic) bond motifs is 3. The van der Waals surface area contributed by atoms with Crippen LogP contribution in [0.1, 0.15) is 22.7 Å². The number of carbonyl (C=O) groups excluding carboxylic acids is 1. The fourth-order valence-corrected chi connectivity index (χ4v) is 2.87. The molecule has 1 atom stereocenters. The van der Waals surface area contributed by atoms with Crippen molar-refractivity contribution in [3.05, 3.63) is 83.3 Å².